The summed E-state index contributed by atoms with van der Waals surface area (Å²) in [5.74, 6) is -5.17. The molecule has 2 aliphatic heterocycles. The van der Waals surface area contributed by atoms with Crippen molar-refractivity contribution in [1.29, 1.82) is 0 Å². The standard InChI is InChI=1S/C23H29F3N6O6/c1-22(2)12-9-32(21(37)20(36)29-15-5-7-31(3)30-15)17(16(12)22)19(35)28-13(8-11-4-6-27-18(11)34)14(33)10-38-23(24,25)26/h5,7,11-13,16-17H,4,6,8-10H2,1-3H3,(H,27,34)(H,28,35)(H,29,30,36)/t11-,12-,13?,16-,17-/m0/s1. The van der Waals surface area contributed by atoms with Gasteiger partial charge >= 0.3 is 18.2 Å². The molecule has 1 unspecified atom stereocenters. The van der Waals surface area contributed by atoms with Crippen molar-refractivity contribution in [3.05, 3.63) is 12.3 Å². The summed E-state index contributed by atoms with van der Waals surface area (Å²) in [7, 11) is 1.63. The number of carbonyl (C=O) groups excluding carboxylic acids is 5. The first kappa shape index (κ1) is 27.5. The third-order valence-electron chi connectivity index (χ3n) is 7.65. The molecule has 0 radical (unpaired) electrons. The number of nitrogens with one attached hydrogen (secondary N) is 3. The molecule has 4 amide bonds. The number of piperidine rings is 1. The van der Waals surface area contributed by atoms with Crippen LogP contribution in [-0.4, -0.2) is 82.2 Å². The fourth-order valence-electron chi connectivity index (χ4n) is 5.51. The van der Waals surface area contributed by atoms with E-state index in [1.165, 1.54) is 10.7 Å². The number of carbonyl (C=O) groups is 5. The summed E-state index contributed by atoms with van der Waals surface area (Å²) in [4.78, 5) is 65.0. The number of alkyl halides is 3. The fourth-order valence-corrected chi connectivity index (χ4v) is 5.51. The second-order valence-electron chi connectivity index (χ2n) is 10.5. The quantitative estimate of drug-likeness (QED) is 0.390. The van der Waals surface area contributed by atoms with Gasteiger partial charge in [0.15, 0.2) is 11.6 Å². The lowest BCUT2D eigenvalue weighted by Gasteiger charge is -2.31. The molecule has 38 heavy (non-hydrogen) atoms. The zero-order valence-corrected chi connectivity index (χ0v) is 21.0. The van der Waals surface area contributed by atoms with Gasteiger partial charge in [0.1, 0.15) is 12.6 Å². The van der Waals surface area contributed by atoms with E-state index in [-0.39, 0.29) is 41.9 Å². The summed E-state index contributed by atoms with van der Waals surface area (Å²) in [6, 6.07) is -1.11. The molecular formula is C23H29F3N6O6. The number of amides is 4. The molecule has 0 spiro atoms. The molecule has 3 fully saturated rings. The first-order chi connectivity index (χ1) is 17.7. The highest BCUT2D eigenvalue weighted by Crippen LogP contribution is 2.64. The van der Waals surface area contributed by atoms with Gasteiger partial charge in [-0.25, -0.2) is 0 Å². The molecule has 1 aromatic heterocycles. The molecule has 3 aliphatic rings. The molecule has 4 rings (SSSR count). The van der Waals surface area contributed by atoms with E-state index in [9.17, 15) is 37.1 Å². The number of ketones is 1. The van der Waals surface area contributed by atoms with Gasteiger partial charge in [-0.15, -0.1) is 13.2 Å². The van der Waals surface area contributed by atoms with Crippen molar-refractivity contribution >= 4 is 35.2 Å². The van der Waals surface area contributed by atoms with Crippen LogP contribution in [0.3, 0.4) is 0 Å². The van der Waals surface area contributed by atoms with Crippen LogP contribution in [0.15, 0.2) is 12.3 Å². The molecule has 15 heteroatoms. The first-order valence-electron chi connectivity index (χ1n) is 12.1. The lowest BCUT2D eigenvalue weighted by molar-refractivity contribution is -0.321. The second kappa shape index (κ2) is 10.0. The second-order valence-corrected chi connectivity index (χ2v) is 10.5. The average Bonchev–Trinajstić information content (AvgIpc) is 3.33. The molecule has 3 heterocycles. The number of halogens is 3. The summed E-state index contributed by atoms with van der Waals surface area (Å²) >= 11 is 0. The van der Waals surface area contributed by atoms with Gasteiger partial charge in [-0.3, -0.25) is 33.4 Å². The maximum Gasteiger partial charge on any atom is 0.522 e. The van der Waals surface area contributed by atoms with E-state index in [4.69, 9.17) is 0 Å². The lowest BCUT2D eigenvalue weighted by Crippen LogP contribution is -2.56. The monoisotopic (exact) mass is 542 g/mol. The minimum atomic E-state index is -5.06. The Morgan fingerprint density at radius 2 is 2.00 bits per heavy atom. The van der Waals surface area contributed by atoms with Gasteiger partial charge < -0.3 is 20.9 Å². The van der Waals surface area contributed by atoms with Gasteiger partial charge in [-0.05, 0) is 30.1 Å². The van der Waals surface area contributed by atoms with E-state index < -0.39 is 54.5 Å². The van der Waals surface area contributed by atoms with E-state index in [1.807, 2.05) is 13.8 Å². The van der Waals surface area contributed by atoms with Crippen molar-refractivity contribution in [2.24, 2.45) is 30.2 Å². The number of rotatable bonds is 8. The maximum atomic E-state index is 13.5. The Balaban J connectivity index is 1.50. The van der Waals surface area contributed by atoms with Crippen molar-refractivity contribution in [2.45, 2.75) is 45.1 Å². The van der Waals surface area contributed by atoms with Crippen LogP contribution in [0.5, 0.6) is 0 Å². The van der Waals surface area contributed by atoms with Crippen LogP contribution in [0, 0.1) is 23.2 Å². The SMILES string of the molecule is Cn1ccc(NC(=O)C(=O)N2C[C@H]3[C@@H]([C@H]2C(=O)NC(C[C@@H]2CCNC2=O)C(=O)COC(F)(F)F)C3(C)C)n1. The van der Waals surface area contributed by atoms with Crippen molar-refractivity contribution < 1.29 is 41.9 Å². The van der Waals surface area contributed by atoms with Crippen LogP contribution < -0.4 is 16.0 Å². The van der Waals surface area contributed by atoms with Gasteiger partial charge in [-0.1, -0.05) is 13.8 Å². The van der Waals surface area contributed by atoms with Gasteiger partial charge in [0.25, 0.3) is 0 Å². The van der Waals surface area contributed by atoms with Crippen molar-refractivity contribution in [3.63, 3.8) is 0 Å². The van der Waals surface area contributed by atoms with E-state index in [0.29, 0.717) is 13.0 Å². The molecule has 3 N–H and O–H groups in total. The minimum absolute atomic E-state index is 0.0897. The Hall–Kier alpha value is -3.49. The number of nitrogens with zero attached hydrogens (tertiary/aromatic N) is 3. The Labute approximate surface area is 215 Å². The van der Waals surface area contributed by atoms with E-state index >= 15 is 0 Å². The number of ether oxygens (including phenoxy) is 1. The zero-order chi connectivity index (χ0) is 28.0. The predicted octanol–water partition coefficient (Wildman–Crippen LogP) is -0.0419. The Bertz CT molecular complexity index is 1150. The van der Waals surface area contributed by atoms with Crippen LogP contribution in [0.25, 0.3) is 0 Å². The summed E-state index contributed by atoms with van der Waals surface area (Å²) in [6.07, 6.45) is -3.38. The Morgan fingerprint density at radius 3 is 2.58 bits per heavy atom. The number of likely N-dealkylation sites (tertiary alicyclic amines) is 1. The molecule has 0 aromatic carbocycles. The van der Waals surface area contributed by atoms with E-state index in [2.05, 4.69) is 25.8 Å². The van der Waals surface area contributed by atoms with Gasteiger partial charge in [0.2, 0.25) is 11.8 Å². The van der Waals surface area contributed by atoms with Gasteiger partial charge in [0, 0.05) is 38.3 Å². The van der Waals surface area contributed by atoms with Crippen molar-refractivity contribution in [2.75, 3.05) is 25.0 Å². The summed E-state index contributed by atoms with van der Waals surface area (Å²) < 4.78 is 42.7. The maximum absolute atomic E-state index is 13.5. The number of Topliss-reactive ketones (excluding diaryl/α,β-unsaturated/α-hetero) is 1. The van der Waals surface area contributed by atoms with E-state index in [0.717, 1.165) is 4.90 Å². The molecule has 5 atom stereocenters. The highest BCUT2D eigenvalue weighted by atomic mass is 19.4. The first-order valence-corrected chi connectivity index (χ1v) is 12.1. The van der Waals surface area contributed by atoms with Gasteiger partial charge in [0.05, 0.1) is 6.04 Å². The topological polar surface area (TPSA) is 152 Å². The molecular weight excluding hydrogens is 513 g/mol. The number of hydrogen-bond acceptors (Lipinski definition) is 7. The van der Waals surface area contributed by atoms with Gasteiger partial charge in [-0.2, -0.15) is 5.10 Å². The van der Waals surface area contributed by atoms with Crippen LogP contribution in [-0.2, 0) is 35.8 Å². The number of aromatic nitrogens is 2. The molecule has 208 valence electrons. The molecule has 0 bridgehead atoms. The largest absolute Gasteiger partial charge is 0.522 e. The van der Waals surface area contributed by atoms with Crippen LogP contribution in [0.1, 0.15) is 26.7 Å². The fraction of sp³-hybridized carbons (Fsp3) is 0.652. The Kier molecular flexibility index (Phi) is 7.25. The zero-order valence-electron chi connectivity index (χ0n) is 21.0. The average molecular weight is 543 g/mol. The van der Waals surface area contributed by atoms with Crippen LogP contribution in [0.2, 0.25) is 0 Å². The number of anilines is 1. The van der Waals surface area contributed by atoms with E-state index in [1.54, 1.807) is 13.2 Å². The molecule has 1 aromatic rings. The highest BCUT2D eigenvalue weighted by molar-refractivity contribution is 6.39. The number of hydrogen-bond donors (Lipinski definition) is 3. The third-order valence-corrected chi connectivity index (χ3v) is 7.65. The smallest absolute Gasteiger partial charge is 0.356 e. The number of aryl methyl sites for hydroxylation is 1. The summed E-state index contributed by atoms with van der Waals surface area (Å²) in [5.41, 5.74) is -0.333. The lowest BCUT2D eigenvalue weighted by atomic mass is 9.95. The van der Waals surface area contributed by atoms with Crippen LogP contribution in [0.4, 0.5) is 19.0 Å². The molecule has 12 nitrogen and oxygen atoms in total. The summed E-state index contributed by atoms with van der Waals surface area (Å²) in [5, 5.41) is 11.4. The summed E-state index contributed by atoms with van der Waals surface area (Å²) in [6.45, 7) is 2.92. The third kappa shape index (κ3) is 5.66. The van der Waals surface area contributed by atoms with Crippen molar-refractivity contribution in [1.82, 2.24) is 25.3 Å². The van der Waals surface area contributed by atoms with Crippen LogP contribution >= 0.6 is 0 Å². The normalized spacial score (nSPS) is 26.4. The molecule has 1 aliphatic carbocycles. The number of fused-ring (bicyclic) bond motifs is 1. The molecule has 1 saturated carbocycles. The predicted molar refractivity (Wildman–Crippen MR) is 123 cm³/mol. The van der Waals surface area contributed by atoms with Crippen molar-refractivity contribution in [3.8, 4) is 0 Å². The Morgan fingerprint density at radius 1 is 1.29 bits per heavy atom. The molecule has 2 saturated heterocycles. The highest BCUT2D eigenvalue weighted by Gasteiger charge is 2.69. The minimum Gasteiger partial charge on any atom is -0.356 e.